The summed E-state index contributed by atoms with van der Waals surface area (Å²) in [5.41, 5.74) is 0. The second-order valence-electron chi connectivity index (χ2n) is 23.1. The molecule has 0 aliphatic rings. The van der Waals surface area contributed by atoms with Gasteiger partial charge in [-0.25, -0.2) is 0 Å². The third-order valence-electron chi connectivity index (χ3n) is 14.9. The first kappa shape index (κ1) is 78.8. The Bertz CT molecular complexity index is 1700. The molecule has 0 spiro atoms. The fourth-order valence-corrected chi connectivity index (χ4v) is 9.67. The van der Waals surface area contributed by atoms with Crippen LogP contribution in [-0.2, 0) is 28.6 Å². The molecule has 474 valence electrons. The molecule has 0 aliphatic heterocycles. The van der Waals surface area contributed by atoms with Crippen molar-refractivity contribution in [1.82, 2.24) is 0 Å². The van der Waals surface area contributed by atoms with Crippen LogP contribution in [0.3, 0.4) is 0 Å². The van der Waals surface area contributed by atoms with E-state index in [1.165, 1.54) is 167 Å². The highest BCUT2D eigenvalue weighted by atomic mass is 16.6. The smallest absolute Gasteiger partial charge is 0.306 e. The first-order chi connectivity index (χ1) is 41.0. The summed E-state index contributed by atoms with van der Waals surface area (Å²) in [5, 5.41) is 0. The monoisotopic (exact) mass is 1150 g/mol. The van der Waals surface area contributed by atoms with Gasteiger partial charge >= 0.3 is 17.9 Å². The van der Waals surface area contributed by atoms with E-state index in [0.717, 1.165) is 122 Å². The maximum absolute atomic E-state index is 12.9. The molecule has 0 saturated carbocycles. The van der Waals surface area contributed by atoms with Crippen molar-refractivity contribution >= 4 is 17.9 Å². The summed E-state index contributed by atoms with van der Waals surface area (Å²) < 4.78 is 16.9. The molecule has 0 N–H and O–H groups in total. The summed E-state index contributed by atoms with van der Waals surface area (Å²) in [5.74, 6) is -0.943. The Balaban J connectivity index is 4.32. The van der Waals surface area contributed by atoms with Gasteiger partial charge < -0.3 is 14.2 Å². The van der Waals surface area contributed by atoms with Gasteiger partial charge in [-0.15, -0.1) is 0 Å². The summed E-state index contributed by atoms with van der Waals surface area (Å²) in [6, 6.07) is 0. The van der Waals surface area contributed by atoms with Crippen molar-refractivity contribution in [3.63, 3.8) is 0 Å². The predicted molar refractivity (Wildman–Crippen MR) is 362 cm³/mol. The summed E-state index contributed by atoms with van der Waals surface area (Å²) in [4.78, 5) is 38.3. The molecule has 6 heteroatoms. The Morgan fingerprint density at radius 2 is 0.482 bits per heavy atom. The minimum absolute atomic E-state index is 0.0968. The number of carbonyl (C=O) groups excluding carboxylic acids is 3. The van der Waals surface area contributed by atoms with Crippen LogP contribution in [0.25, 0.3) is 0 Å². The standard InChI is InChI=1S/C77H130O6/c1-4-7-10-13-16-19-22-24-26-28-30-32-34-36-38-40-42-44-46-48-50-52-55-58-61-64-67-70-76(79)82-73-74(72-81-75(78)69-66-63-60-57-54-21-18-15-12-9-6-3)83-77(80)71-68-65-62-59-56-53-51-49-47-45-43-41-39-37-35-33-31-29-27-25-23-20-17-14-11-8-5-2/h7,10,15-16,18-19,24,26,29-32,36,38,42,44,48,50,55,58,74H,4-6,8-9,11-14,17,20-23,25,27-28,33-35,37,39-41,43,45-47,49,51-54,56-57,59-73H2,1-3H3/b10-7-,18-15-,19-16-,26-24-,31-29-,32-30-,38-36-,44-42-,50-48-,58-55-. The van der Waals surface area contributed by atoms with Crippen LogP contribution in [0.1, 0.15) is 329 Å². The van der Waals surface area contributed by atoms with Gasteiger partial charge in [-0.3, -0.25) is 14.4 Å². The lowest BCUT2D eigenvalue weighted by molar-refractivity contribution is -0.167. The zero-order valence-corrected chi connectivity index (χ0v) is 54.4. The van der Waals surface area contributed by atoms with Gasteiger partial charge in [0, 0.05) is 19.3 Å². The van der Waals surface area contributed by atoms with E-state index < -0.39 is 6.10 Å². The van der Waals surface area contributed by atoms with Crippen molar-refractivity contribution in [2.75, 3.05) is 13.2 Å². The molecule has 0 amide bonds. The quantitative estimate of drug-likeness (QED) is 0.0261. The zero-order chi connectivity index (χ0) is 59.9. The third kappa shape index (κ3) is 68.5. The molecule has 6 nitrogen and oxygen atoms in total. The molecule has 1 atom stereocenters. The van der Waals surface area contributed by atoms with Crippen molar-refractivity contribution in [3.8, 4) is 0 Å². The number of esters is 3. The molecule has 0 rings (SSSR count). The minimum Gasteiger partial charge on any atom is -0.462 e. The number of hydrogen-bond acceptors (Lipinski definition) is 6. The van der Waals surface area contributed by atoms with Crippen molar-refractivity contribution in [1.29, 1.82) is 0 Å². The molecule has 0 bridgehead atoms. The normalized spacial score (nSPS) is 12.9. The van der Waals surface area contributed by atoms with Gasteiger partial charge in [0.15, 0.2) is 6.10 Å². The van der Waals surface area contributed by atoms with Crippen LogP contribution < -0.4 is 0 Å². The second-order valence-corrected chi connectivity index (χ2v) is 23.1. The van der Waals surface area contributed by atoms with Crippen LogP contribution in [0, 0.1) is 0 Å². The first-order valence-electron chi connectivity index (χ1n) is 35.0. The lowest BCUT2D eigenvalue weighted by Crippen LogP contribution is -2.30. The SMILES string of the molecule is CC/C=C\C/C=C\C/C=C\C/C=C\C/C=C\C/C=C\C/C=C\C/C=C\CCCCC(=O)OCC(COC(=O)CCCCCCC/C=C\CCCC)OC(=O)CCCCCCCCCCCCCCCCC/C=C\CCCCCCCCCC. The highest BCUT2D eigenvalue weighted by molar-refractivity contribution is 5.71. The Kier molecular flexibility index (Phi) is 66.7. The van der Waals surface area contributed by atoms with Crippen LogP contribution in [0.15, 0.2) is 122 Å². The first-order valence-corrected chi connectivity index (χ1v) is 35.0. The number of allylic oxidation sites excluding steroid dienone is 20. The average Bonchev–Trinajstić information content (AvgIpc) is 3.48. The van der Waals surface area contributed by atoms with E-state index in [1.807, 2.05) is 0 Å². The number of unbranched alkanes of at least 4 members (excludes halogenated alkanes) is 32. The summed E-state index contributed by atoms with van der Waals surface area (Å²) in [6.45, 7) is 6.47. The second kappa shape index (κ2) is 70.3. The van der Waals surface area contributed by atoms with E-state index in [9.17, 15) is 14.4 Å². The predicted octanol–water partition coefficient (Wildman–Crippen LogP) is 24.3. The molecule has 1 unspecified atom stereocenters. The highest BCUT2D eigenvalue weighted by Crippen LogP contribution is 2.17. The lowest BCUT2D eigenvalue weighted by Gasteiger charge is -2.18. The molecule has 83 heavy (non-hydrogen) atoms. The maximum Gasteiger partial charge on any atom is 0.306 e. The highest BCUT2D eigenvalue weighted by Gasteiger charge is 2.19. The van der Waals surface area contributed by atoms with Gasteiger partial charge in [-0.2, -0.15) is 0 Å². The molecule has 0 aromatic rings. The summed E-state index contributed by atoms with van der Waals surface area (Å²) in [7, 11) is 0. The maximum atomic E-state index is 12.9. The van der Waals surface area contributed by atoms with Crippen molar-refractivity contribution in [2.24, 2.45) is 0 Å². The van der Waals surface area contributed by atoms with Crippen molar-refractivity contribution in [2.45, 2.75) is 335 Å². The molecule has 0 saturated heterocycles. The van der Waals surface area contributed by atoms with E-state index >= 15 is 0 Å². The van der Waals surface area contributed by atoms with E-state index in [2.05, 4.69) is 142 Å². The minimum atomic E-state index is -0.803. The number of rotatable bonds is 63. The van der Waals surface area contributed by atoms with Gasteiger partial charge in [-0.05, 0) is 128 Å². The van der Waals surface area contributed by atoms with Crippen LogP contribution in [0.4, 0.5) is 0 Å². The Morgan fingerprint density at radius 1 is 0.253 bits per heavy atom. The molecule has 0 fully saturated rings. The van der Waals surface area contributed by atoms with E-state index in [1.54, 1.807) is 0 Å². The topological polar surface area (TPSA) is 78.9 Å². The van der Waals surface area contributed by atoms with Gasteiger partial charge in [0.2, 0.25) is 0 Å². The molecule has 0 aliphatic carbocycles. The van der Waals surface area contributed by atoms with Crippen molar-refractivity contribution < 1.29 is 28.6 Å². The number of hydrogen-bond donors (Lipinski definition) is 0. The van der Waals surface area contributed by atoms with Crippen LogP contribution in [0.2, 0.25) is 0 Å². The lowest BCUT2D eigenvalue weighted by atomic mass is 10.0. The van der Waals surface area contributed by atoms with Gasteiger partial charge in [0.05, 0.1) is 0 Å². The van der Waals surface area contributed by atoms with Gasteiger partial charge in [0.1, 0.15) is 13.2 Å². The Morgan fingerprint density at radius 3 is 0.807 bits per heavy atom. The van der Waals surface area contributed by atoms with Gasteiger partial charge in [-0.1, -0.05) is 303 Å². The van der Waals surface area contributed by atoms with E-state index in [4.69, 9.17) is 14.2 Å². The average molecular weight is 1150 g/mol. The van der Waals surface area contributed by atoms with Crippen LogP contribution in [-0.4, -0.2) is 37.2 Å². The fourth-order valence-electron chi connectivity index (χ4n) is 9.67. The van der Waals surface area contributed by atoms with Crippen LogP contribution >= 0.6 is 0 Å². The zero-order valence-electron chi connectivity index (χ0n) is 54.4. The Labute approximate surface area is 513 Å². The summed E-state index contributed by atoms with van der Waals surface area (Å²) >= 11 is 0. The molecule has 0 heterocycles. The molecule has 0 aromatic heterocycles. The molecule has 0 radical (unpaired) electrons. The van der Waals surface area contributed by atoms with Crippen molar-refractivity contribution in [3.05, 3.63) is 122 Å². The van der Waals surface area contributed by atoms with Crippen LogP contribution in [0.5, 0.6) is 0 Å². The fraction of sp³-hybridized carbons (Fsp3) is 0.701. The van der Waals surface area contributed by atoms with Gasteiger partial charge in [0.25, 0.3) is 0 Å². The van der Waals surface area contributed by atoms with E-state index in [-0.39, 0.29) is 31.1 Å². The number of carbonyl (C=O) groups is 3. The molecular formula is C77H130O6. The molecular weight excluding hydrogens is 1020 g/mol. The third-order valence-corrected chi connectivity index (χ3v) is 14.9. The largest absolute Gasteiger partial charge is 0.462 e. The number of ether oxygens (including phenoxy) is 3. The molecule has 0 aromatic carbocycles. The summed E-state index contributed by atoms with van der Waals surface area (Å²) in [6.07, 6.45) is 98.1. The van der Waals surface area contributed by atoms with E-state index in [0.29, 0.717) is 19.3 Å². The Hall–Kier alpha value is -4.19.